The molecule has 0 aliphatic carbocycles. The Labute approximate surface area is 154 Å². The molecule has 0 spiro atoms. The molecule has 2 amide bonds. The van der Waals surface area contributed by atoms with Crippen LogP contribution in [0, 0.1) is 0 Å². The molecule has 2 unspecified atom stereocenters. The normalized spacial score (nSPS) is 19.8. The Morgan fingerprint density at radius 2 is 2.08 bits per heavy atom. The Morgan fingerprint density at radius 3 is 2.69 bits per heavy atom. The Balaban J connectivity index is 1.81. The summed E-state index contributed by atoms with van der Waals surface area (Å²) in [6.07, 6.45) is 4.74. The summed E-state index contributed by atoms with van der Waals surface area (Å²) in [6, 6.07) is 6.44. The summed E-state index contributed by atoms with van der Waals surface area (Å²) < 4.78 is 13.7. The lowest BCUT2D eigenvalue weighted by atomic mass is 10.1. The van der Waals surface area contributed by atoms with Crippen molar-refractivity contribution in [3.63, 3.8) is 0 Å². The van der Waals surface area contributed by atoms with Crippen molar-refractivity contribution < 1.29 is 13.8 Å². The molecule has 2 aromatic rings. The van der Waals surface area contributed by atoms with Crippen LogP contribution < -0.4 is 5.32 Å². The summed E-state index contributed by atoms with van der Waals surface area (Å²) in [5.74, 6) is 0.442. The zero-order valence-corrected chi connectivity index (χ0v) is 15.2. The van der Waals surface area contributed by atoms with Crippen molar-refractivity contribution in [2.75, 3.05) is 23.4 Å². The van der Waals surface area contributed by atoms with Gasteiger partial charge in [-0.25, -0.2) is 0 Å². The van der Waals surface area contributed by atoms with Crippen LogP contribution in [0.5, 0.6) is 0 Å². The number of aromatic nitrogens is 2. The number of benzene rings is 1. The molecule has 0 bridgehead atoms. The fraction of sp³-hybridized carbons (Fsp3) is 0.278. The average molecular weight is 372 g/mol. The summed E-state index contributed by atoms with van der Waals surface area (Å²) >= 11 is 0. The first kappa shape index (κ1) is 18.1. The van der Waals surface area contributed by atoms with Gasteiger partial charge in [0.05, 0.1) is 12.2 Å². The van der Waals surface area contributed by atoms with Crippen LogP contribution >= 0.6 is 0 Å². The quantitative estimate of drug-likeness (QED) is 0.824. The zero-order chi connectivity index (χ0) is 18.7. The highest BCUT2D eigenvalue weighted by molar-refractivity contribution is 7.85. The lowest BCUT2D eigenvalue weighted by Crippen LogP contribution is -2.44. The first-order chi connectivity index (χ1) is 12.5. The largest absolute Gasteiger partial charge is 0.330 e. The fourth-order valence-corrected chi connectivity index (χ4v) is 4.18. The van der Waals surface area contributed by atoms with Gasteiger partial charge >= 0.3 is 0 Å². The van der Waals surface area contributed by atoms with Gasteiger partial charge in [0, 0.05) is 58.9 Å². The summed E-state index contributed by atoms with van der Waals surface area (Å²) in [5.41, 5.74) is 1.99. The number of hydrogen-bond acceptors (Lipinski definition) is 4. The van der Waals surface area contributed by atoms with E-state index < -0.39 is 10.8 Å². The van der Waals surface area contributed by atoms with E-state index in [4.69, 9.17) is 0 Å². The SMILES string of the molecule is C=CC(=O)Nc1ccc(C(=O)N2CCS(=O)CC2c2cnn(C)c2)cc1. The maximum atomic E-state index is 13.0. The highest BCUT2D eigenvalue weighted by Gasteiger charge is 2.32. The van der Waals surface area contributed by atoms with E-state index in [1.54, 1.807) is 40.0 Å². The van der Waals surface area contributed by atoms with Crippen LogP contribution in [0.25, 0.3) is 0 Å². The number of aryl methyl sites for hydroxylation is 1. The maximum Gasteiger partial charge on any atom is 0.254 e. The summed E-state index contributed by atoms with van der Waals surface area (Å²) in [5, 5.41) is 6.81. The van der Waals surface area contributed by atoms with Crippen LogP contribution in [-0.4, -0.2) is 48.8 Å². The molecule has 1 aliphatic rings. The molecule has 1 aromatic carbocycles. The molecule has 26 heavy (non-hydrogen) atoms. The van der Waals surface area contributed by atoms with Gasteiger partial charge in [-0.05, 0) is 30.3 Å². The lowest BCUT2D eigenvalue weighted by Gasteiger charge is -2.35. The van der Waals surface area contributed by atoms with E-state index in [2.05, 4.69) is 17.0 Å². The van der Waals surface area contributed by atoms with Crippen molar-refractivity contribution >= 4 is 28.3 Å². The third-order valence-electron chi connectivity index (χ3n) is 4.24. The molecule has 1 aromatic heterocycles. The van der Waals surface area contributed by atoms with E-state index in [1.165, 1.54) is 6.08 Å². The Hall–Kier alpha value is -2.74. The number of carbonyl (C=O) groups excluding carboxylic acids is 2. The minimum Gasteiger partial charge on any atom is -0.330 e. The second-order valence-electron chi connectivity index (χ2n) is 6.04. The van der Waals surface area contributed by atoms with Gasteiger partial charge in [0.25, 0.3) is 5.91 Å². The van der Waals surface area contributed by atoms with Gasteiger partial charge < -0.3 is 10.2 Å². The van der Waals surface area contributed by atoms with Crippen LogP contribution in [0.2, 0.25) is 0 Å². The Bertz CT molecular complexity index is 860. The maximum absolute atomic E-state index is 13.0. The number of nitrogens with zero attached hydrogens (tertiary/aromatic N) is 3. The number of hydrogen-bond donors (Lipinski definition) is 1. The van der Waals surface area contributed by atoms with Gasteiger partial charge in [-0.3, -0.25) is 18.5 Å². The zero-order valence-electron chi connectivity index (χ0n) is 14.4. The highest BCUT2D eigenvalue weighted by atomic mass is 32.2. The second-order valence-corrected chi connectivity index (χ2v) is 7.66. The topological polar surface area (TPSA) is 84.3 Å². The number of rotatable bonds is 4. The molecule has 0 saturated carbocycles. The molecule has 8 heteroatoms. The summed E-state index contributed by atoms with van der Waals surface area (Å²) in [4.78, 5) is 26.1. The van der Waals surface area contributed by atoms with Crippen molar-refractivity contribution in [2.24, 2.45) is 7.05 Å². The smallest absolute Gasteiger partial charge is 0.254 e. The van der Waals surface area contributed by atoms with E-state index in [-0.39, 0.29) is 17.9 Å². The van der Waals surface area contributed by atoms with Crippen molar-refractivity contribution in [1.29, 1.82) is 0 Å². The fourth-order valence-electron chi connectivity index (χ4n) is 2.89. The van der Waals surface area contributed by atoms with Crippen molar-refractivity contribution in [3.05, 3.63) is 60.4 Å². The number of nitrogens with one attached hydrogen (secondary N) is 1. The van der Waals surface area contributed by atoms with Gasteiger partial charge in [-0.1, -0.05) is 6.58 Å². The van der Waals surface area contributed by atoms with Crippen molar-refractivity contribution in [2.45, 2.75) is 6.04 Å². The molecule has 2 atom stereocenters. The van der Waals surface area contributed by atoms with Gasteiger partial charge in [0.15, 0.2) is 0 Å². The van der Waals surface area contributed by atoms with Gasteiger partial charge in [-0.15, -0.1) is 0 Å². The molecule has 1 N–H and O–H groups in total. The van der Waals surface area contributed by atoms with Gasteiger partial charge in [-0.2, -0.15) is 5.10 Å². The molecular weight excluding hydrogens is 352 g/mol. The van der Waals surface area contributed by atoms with Crippen molar-refractivity contribution in [3.8, 4) is 0 Å². The molecule has 1 saturated heterocycles. The Kier molecular flexibility index (Phi) is 5.32. The summed E-state index contributed by atoms with van der Waals surface area (Å²) in [6.45, 7) is 3.83. The van der Waals surface area contributed by atoms with Crippen LogP contribution in [0.1, 0.15) is 22.0 Å². The van der Waals surface area contributed by atoms with Crippen LogP contribution in [-0.2, 0) is 22.6 Å². The van der Waals surface area contributed by atoms with Gasteiger partial charge in [0.2, 0.25) is 5.91 Å². The monoisotopic (exact) mass is 372 g/mol. The molecule has 136 valence electrons. The average Bonchev–Trinajstić information content (AvgIpc) is 3.08. The minimum absolute atomic E-state index is 0.128. The van der Waals surface area contributed by atoms with E-state index in [0.29, 0.717) is 29.3 Å². The third kappa shape index (κ3) is 3.91. The van der Waals surface area contributed by atoms with E-state index >= 15 is 0 Å². The van der Waals surface area contributed by atoms with E-state index in [9.17, 15) is 13.8 Å². The lowest BCUT2D eigenvalue weighted by molar-refractivity contribution is -0.111. The third-order valence-corrected chi connectivity index (χ3v) is 5.56. The van der Waals surface area contributed by atoms with Crippen LogP contribution in [0.15, 0.2) is 49.3 Å². The van der Waals surface area contributed by atoms with Crippen LogP contribution in [0.4, 0.5) is 5.69 Å². The highest BCUT2D eigenvalue weighted by Crippen LogP contribution is 2.27. The predicted molar refractivity (Wildman–Crippen MR) is 100 cm³/mol. The molecule has 7 nitrogen and oxygen atoms in total. The number of amides is 2. The molecule has 1 fully saturated rings. The first-order valence-corrected chi connectivity index (χ1v) is 9.64. The molecule has 1 aliphatic heterocycles. The van der Waals surface area contributed by atoms with Crippen molar-refractivity contribution in [1.82, 2.24) is 14.7 Å². The molecule has 0 radical (unpaired) electrons. The molecule has 2 heterocycles. The Morgan fingerprint density at radius 1 is 1.35 bits per heavy atom. The number of carbonyl (C=O) groups is 2. The van der Waals surface area contributed by atoms with Crippen LogP contribution in [0.3, 0.4) is 0 Å². The second kappa shape index (κ2) is 7.65. The predicted octanol–water partition coefficient (Wildman–Crippen LogP) is 1.49. The van der Waals surface area contributed by atoms with E-state index in [0.717, 1.165) is 5.56 Å². The first-order valence-electron chi connectivity index (χ1n) is 8.16. The molecule has 3 rings (SSSR count). The number of anilines is 1. The standard InChI is InChI=1S/C18H20N4O3S/c1-3-17(23)20-15-6-4-13(5-7-15)18(24)22-8-9-26(25)12-16(22)14-10-19-21(2)11-14/h3-7,10-11,16H,1,8-9,12H2,2H3,(H,20,23). The minimum atomic E-state index is -0.954. The summed E-state index contributed by atoms with van der Waals surface area (Å²) in [7, 11) is 0.857. The van der Waals surface area contributed by atoms with Gasteiger partial charge in [0.1, 0.15) is 0 Å². The van der Waals surface area contributed by atoms with E-state index in [1.807, 2.05) is 13.2 Å². The molecular formula is C18H20N4O3S.